The number of hydrogen-bond donors (Lipinski definition) is 2. The molecule has 1 aromatic rings. The van der Waals surface area contributed by atoms with Crippen molar-refractivity contribution in [3.05, 3.63) is 34.6 Å². The second-order valence-corrected chi connectivity index (χ2v) is 10.7. The monoisotopic (exact) mass is 426 g/mol. The third-order valence-electron chi connectivity index (χ3n) is 6.09. The Hall–Kier alpha value is -1.51. The van der Waals surface area contributed by atoms with E-state index in [1.165, 1.54) is 37.8 Å². The van der Waals surface area contributed by atoms with Gasteiger partial charge in [-0.2, -0.15) is 0 Å². The first kappa shape index (κ1) is 22.2. The fraction of sp³-hybridized carbons (Fsp3) is 0.667. The van der Waals surface area contributed by atoms with Gasteiger partial charge in [-0.15, -0.1) is 0 Å². The van der Waals surface area contributed by atoms with Crippen molar-refractivity contribution < 1.29 is 22.3 Å². The van der Waals surface area contributed by atoms with Crippen molar-refractivity contribution in [2.45, 2.75) is 52.1 Å². The summed E-state index contributed by atoms with van der Waals surface area (Å²) in [5.74, 6) is -1.10. The summed E-state index contributed by atoms with van der Waals surface area (Å²) in [5.41, 5.74) is 1.72. The Morgan fingerprint density at radius 1 is 1.31 bits per heavy atom. The summed E-state index contributed by atoms with van der Waals surface area (Å²) in [6, 6.07) is 2.73. The second kappa shape index (κ2) is 8.70. The zero-order chi connectivity index (χ0) is 21.2. The first-order chi connectivity index (χ1) is 13.6. The van der Waals surface area contributed by atoms with E-state index in [0.717, 1.165) is 24.9 Å². The van der Waals surface area contributed by atoms with Gasteiger partial charge >= 0.3 is 0 Å². The Kier molecular flexibility index (Phi) is 6.65. The van der Waals surface area contributed by atoms with Crippen LogP contribution in [0.15, 0.2) is 12.1 Å². The summed E-state index contributed by atoms with van der Waals surface area (Å²) in [7, 11) is -3.76. The maximum Gasteiger partial charge on any atom is 0.267 e. The summed E-state index contributed by atoms with van der Waals surface area (Å²) in [6.07, 6.45) is 5.74. The molecular weight excluding hydrogens is 395 g/mol. The van der Waals surface area contributed by atoms with E-state index in [4.69, 9.17) is 4.74 Å². The Morgan fingerprint density at radius 2 is 1.97 bits per heavy atom. The predicted molar refractivity (Wildman–Crippen MR) is 110 cm³/mol. The number of halogens is 1. The molecule has 1 aliphatic heterocycles. The molecule has 0 unspecified atom stereocenters. The fourth-order valence-electron chi connectivity index (χ4n) is 4.67. The van der Waals surface area contributed by atoms with Gasteiger partial charge in [0.25, 0.3) is 5.91 Å². The summed E-state index contributed by atoms with van der Waals surface area (Å²) < 4.78 is 44.8. The molecule has 162 valence electrons. The zero-order valence-electron chi connectivity index (χ0n) is 17.4. The lowest BCUT2D eigenvalue weighted by Crippen LogP contribution is -2.46. The third kappa shape index (κ3) is 5.55. The molecular formula is C21H31FN2O4S. The summed E-state index contributed by atoms with van der Waals surface area (Å²) in [5, 5.41) is 3.41. The van der Waals surface area contributed by atoms with Crippen LogP contribution in [0.2, 0.25) is 0 Å². The van der Waals surface area contributed by atoms with Crippen LogP contribution in [0.1, 0.15) is 66.9 Å². The van der Waals surface area contributed by atoms with Gasteiger partial charge in [0.2, 0.25) is 10.0 Å². The molecule has 1 aromatic carbocycles. The van der Waals surface area contributed by atoms with Crippen LogP contribution < -0.4 is 10.0 Å². The minimum Gasteiger partial charge on any atom is -0.376 e. The van der Waals surface area contributed by atoms with Crippen LogP contribution in [0.5, 0.6) is 0 Å². The number of carbonyl (C=O) groups excluding carboxylic acids is 1. The molecule has 3 rings (SSSR count). The maximum atomic E-state index is 14.5. The fourth-order valence-corrected chi connectivity index (χ4v) is 5.12. The largest absolute Gasteiger partial charge is 0.376 e. The average molecular weight is 427 g/mol. The van der Waals surface area contributed by atoms with Crippen molar-refractivity contribution in [3.8, 4) is 0 Å². The van der Waals surface area contributed by atoms with E-state index in [9.17, 15) is 17.6 Å². The average Bonchev–Trinajstić information content (AvgIpc) is 2.59. The van der Waals surface area contributed by atoms with Gasteiger partial charge in [-0.05, 0) is 79.3 Å². The molecule has 1 amide bonds. The van der Waals surface area contributed by atoms with Crippen LogP contribution in [-0.2, 0) is 21.4 Å². The Bertz CT molecular complexity index is 856. The highest BCUT2D eigenvalue weighted by Crippen LogP contribution is 2.51. The lowest BCUT2D eigenvalue weighted by Gasteiger charge is -2.50. The van der Waals surface area contributed by atoms with Crippen LogP contribution in [0.4, 0.5) is 4.39 Å². The molecule has 8 heteroatoms. The van der Waals surface area contributed by atoms with E-state index in [0.29, 0.717) is 23.5 Å². The van der Waals surface area contributed by atoms with E-state index < -0.39 is 21.7 Å². The number of piperidine rings is 1. The highest BCUT2D eigenvalue weighted by molar-refractivity contribution is 7.89. The molecule has 2 fully saturated rings. The van der Waals surface area contributed by atoms with Gasteiger partial charge in [0.15, 0.2) is 0 Å². The molecule has 1 saturated heterocycles. The number of hydrogen-bond acceptors (Lipinski definition) is 5. The molecule has 0 bridgehead atoms. The number of sulfonamides is 1. The van der Waals surface area contributed by atoms with Crippen molar-refractivity contribution >= 4 is 15.9 Å². The van der Waals surface area contributed by atoms with E-state index in [2.05, 4.69) is 5.32 Å². The second-order valence-electron chi connectivity index (χ2n) is 8.93. The van der Waals surface area contributed by atoms with Gasteiger partial charge in [0.1, 0.15) is 5.82 Å². The minimum atomic E-state index is -3.76. The summed E-state index contributed by atoms with van der Waals surface area (Å²) in [4.78, 5) is 12.1. The zero-order valence-corrected chi connectivity index (χ0v) is 18.2. The molecule has 1 aliphatic carbocycles. The van der Waals surface area contributed by atoms with E-state index in [-0.39, 0.29) is 18.1 Å². The van der Waals surface area contributed by atoms with Crippen LogP contribution in [0.3, 0.4) is 0 Å². The Morgan fingerprint density at radius 3 is 2.55 bits per heavy atom. The number of benzene rings is 1. The molecule has 0 atom stereocenters. The highest BCUT2D eigenvalue weighted by Gasteiger charge is 2.44. The Labute approximate surface area is 172 Å². The molecule has 1 spiro atoms. The van der Waals surface area contributed by atoms with Gasteiger partial charge in [0.05, 0.1) is 18.4 Å². The summed E-state index contributed by atoms with van der Waals surface area (Å²) in [6.45, 7) is 7.03. The smallest absolute Gasteiger partial charge is 0.267 e. The van der Waals surface area contributed by atoms with Gasteiger partial charge in [-0.3, -0.25) is 4.79 Å². The number of ether oxygens (including phenoxy) is 1. The lowest BCUT2D eigenvalue weighted by molar-refractivity contribution is -0.0347. The van der Waals surface area contributed by atoms with Crippen molar-refractivity contribution in [1.29, 1.82) is 0 Å². The van der Waals surface area contributed by atoms with Gasteiger partial charge < -0.3 is 10.1 Å². The molecule has 0 aromatic heterocycles. The minimum absolute atomic E-state index is 0.0423. The number of amides is 1. The quantitative estimate of drug-likeness (QED) is 0.700. The first-order valence-electron chi connectivity index (χ1n) is 10.2. The lowest BCUT2D eigenvalue weighted by atomic mass is 9.58. The van der Waals surface area contributed by atoms with Gasteiger partial charge in [-0.25, -0.2) is 17.5 Å². The molecule has 2 N–H and O–H groups in total. The van der Waals surface area contributed by atoms with E-state index in [1.807, 2.05) is 18.6 Å². The number of nitrogens with one attached hydrogen (secondary N) is 2. The van der Waals surface area contributed by atoms with E-state index >= 15 is 0 Å². The molecule has 1 heterocycles. The van der Waals surface area contributed by atoms with Crippen molar-refractivity contribution in [2.24, 2.45) is 11.3 Å². The number of carbonyl (C=O) groups is 1. The van der Waals surface area contributed by atoms with Crippen LogP contribution in [0.25, 0.3) is 0 Å². The molecule has 0 radical (unpaired) electrons. The van der Waals surface area contributed by atoms with Crippen molar-refractivity contribution in [2.75, 3.05) is 26.0 Å². The van der Waals surface area contributed by atoms with E-state index in [1.54, 1.807) is 0 Å². The third-order valence-corrected chi connectivity index (χ3v) is 6.65. The van der Waals surface area contributed by atoms with Crippen LogP contribution in [-0.4, -0.2) is 40.3 Å². The van der Waals surface area contributed by atoms with Crippen molar-refractivity contribution in [3.63, 3.8) is 0 Å². The normalized spacial score (nSPS) is 19.3. The molecule has 29 heavy (non-hydrogen) atoms. The van der Waals surface area contributed by atoms with Crippen LogP contribution >= 0.6 is 0 Å². The summed E-state index contributed by atoms with van der Waals surface area (Å²) >= 11 is 0. The molecule has 2 aliphatic rings. The standard InChI is InChI=1S/C21H31FN2O4S/c1-14(2)17-9-18(20(25)24-29(3,26)27)19(22)8-16(17)13-28-12-15-10-21(11-15)4-6-23-7-5-21/h8-9,14-15,23H,4-7,10-13H2,1-3H3,(H,24,25). The molecule has 6 nitrogen and oxygen atoms in total. The van der Waals surface area contributed by atoms with Crippen molar-refractivity contribution in [1.82, 2.24) is 10.0 Å². The van der Waals surface area contributed by atoms with Gasteiger partial charge in [0, 0.05) is 6.61 Å². The Balaban J connectivity index is 1.61. The first-order valence-corrected chi connectivity index (χ1v) is 12.1. The highest BCUT2D eigenvalue weighted by atomic mass is 32.2. The predicted octanol–water partition coefficient (Wildman–Crippen LogP) is 2.93. The maximum absolute atomic E-state index is 14.5. The van der Waals surface area contributed by atoms with Crippen LogP contribution in [0, 0.1) is 17.2 Å². The SMILES string of the molecule is CC(C)c1cc(C(=O)NS(C)(=O)=O)c(F)cc1COCC1CC2(CCNCC2)C1. The molecule has 1 saturated carbocycles. The number of rotatable bonds is 7. The topological polar surface area (TPSA) is 84.5 Å². The van der Waals surface area contributed by atoms with Gasteiger partial charge in [-0.1, -0.05) is 13.8 Å².